The zero-order valence-electron chi connectivity index (χ0n) is 15.2. The van der Waals surface area contributed by atoms with Crippen LogP contribution in [0.5, 0.6) is 0 Å². The van der Waals surface area contributed by atoms with Gasteiger partial charge in [0.05, 0.1) is 12.2 Å². The Bertz CT molecular complexity index is 708. The van der Waals surface area contributed by atoms with Crippen molar-refractivity contribution in [1.82, 2.24) is 20.1 Å². The van der Waals surface area contributed by atoms with Gasteiger partial charge in [0.25, 0.3) is 0 Å². The molecule has 6 nitrogen and oxygen atoms in total. The average molecular weight is 340 g/mol. The van der Waals surface area contributed by atoms with Crippen molar-refractivity contribution in [3.8, 4) is 5.82 Å². The number of nitrogens with one attached hydrogen (secondary N) is 1. The van der Waals surface area contributed by atoms with Crippen LogP contribution in [-0.4, -0.2) is 26.8 Å². The van der Waals surface area contributed by atoms with Gasteiger partial charge in [-0.05, 0) is 44.4 Å². The molecule has 0 amide bonds. The van der Waals surface area contributed by atoms with E-state index in [1.165, 1.54) is 38.5 Å². The molecule has 0 radical (unpaired) electrons. The van der Waals surface area contributed by atoms with Crippen LogP contribution in [-0.2, 0) is 6.54 Å². The van der Waals surface area contributed by atoms with Gasteiger partial charge in [-0.3, -0.25) is 0 Å². The molecule has 0 bridgehead atoms. The molecule has 0 saturated heterocycles. The molecular formula is C19H28N6. The van der Waals surface area contributed by atoms with Crippen molar-refractivity contribution in [2.24, 2.45) is 10.7 Å². The zero-order chi connectivity index (χ0) is 17.6. The average Bonchev–Trinajstić information content (AvgIpc) is 2.79. The van der Waals surface area contributed by atoms with Gasteiger partial charge < -0.3 is 11.1 Å². The summed E-state index contributed by atoms with van der Waals surface area (Å²) in [7, 11) is 0. The van der Waals surface area contributed by atoms with E-state index in [9.17, 15) is 0 Å². The summed E-state index contributed by atoms with van der Waals surface area (Å²) < 4.78 is 1.85. The minimum absolute atomic E-state index is 0.470. The van der Waals surface area contributed by atoms with Crippen molar-refractivity contribution in [2.75, 3.05) is 0 Å². The molecule has 0 aliphatic heterocycles. The Morgan fingerprint density at radius 3 is 2.60 bits per heavy atom. The molecule has 1 aliphatic carbocycles. The van der Waals surface area contributed by atoms with E-state index in [2.05, 4.69) is 20.4 Å². The van der Waals surface area contributed by atoms with Gasteiger partial charge in [0, 0.05) is 17.9 Å². The Kier molecular flexibility index (Phi) is 5.68. The molecule has 3 N–H and O–H groups in total. The first-order valence-electron chi connectivity index (χ1n) is 9.17. The molecule has 3 rings (SSSR count). The third kappa shape index (κ3) is 4.81. The summed E-state index contributed by atoms with van der Waals surface area (Å²) in [6.07, 6.45) is 9.45. The molecule has 1 aliphatic rings. The Balaban J connectivity index is 1.58. The van der Waals surface area contributed by atoms with Crippen LogP contribution in [0.2, 0.25) is 0 Å². The van der Waals surface area contributed by atoms with Crippen LogP contribution >= 0.6 is 0 Å². The highest BCUT2D eigenvalue weighted by Gasteiger charge is 2.12. The SMILES string of the molecule is Cc1cc(C)n(-c2ccc(CN=C(N)NC3CCCCCC3)cn2)n1. The summed E-state index contributed by atoms with van der Waals surface area (Å²) in [6, 6.07) is 6.51. The predicted octanol–water partition coefficient (Wildman–Crippen LogP) is 3.01. The van der Waals surface area contributed by atoms with Gasteiger partial charge in [-0.1, -0.05) is 31.7 Å². The molecule has 0 aromatic carbocycles. The number of aryl methyl sites for hydroxylation is 2. The van der Waals surface area contributed by atoms with E-state index in [-0.39, 0.29) is 0 Å². The van der Waals surface area contributed by atoms with Crippen molar-refractivity contribution in [1.29, 1.82) is 0 Å². The summed E-state index contributed by atoms with van der Waals surface area (Å²) in [5.74, 6) is 1.36. The number of nitrogens with two attached hydrogens (primary N) is 1. The number of hydrogen-bond acceptors (Lipinski definition) is 3. The topological polar surface area (TPSA) is 81.1 Å². The highest BCUT2D eigenvalue weighted by Crippen LogP contribution is 2.17. The van der Waals surface area contributed by atoms with Gasteiger partial charge >= 0.3 is 0 Å². The fourth-order valence-corrected chi connectivity index (χ4v) is 3.35. The second kappa shape index (κ2) is 8.14. The molecule has 1 fully saturated rings. The number of aliphatic imine (C=N–C) groups is 1. The van der Waals surface area contributed by atoms with Crippen LogP contribution in [0.1, 0.15) is 55.5 Å². The summed E-state index contributed by atoms with van der Waals surface area (Å²) in [5, 5.41) is 7.82. The normalized spacial score (nSPS) is 16.6. The lowest BCUT2D eigenvalue weighted by Crippen LogP contribution is -2.39. The van der Waals surface area contributed by atoms with Gasteiger partial charge in [0.15, 0.2) is 11.8 Å². The molecular weight excluding hydrogens is 312 g/mol. The van der Waals surface area contributed by atoms with E-state index >= 15 is 0 Å². The number of rotatable bonds is 4. The van der Waals surface area contributed by atoms with Crippen LogP contribution in [0.15, 0.2) is 29.4 Å². The molecule has 2 aromatic heterocycles. The maximum atomic E-state index is 6.05. The molecule has 2 heterocycles. The third-order valence-corrected chi connectivity index (χ3v) is 4.67. The first-order valence-corrected chi connectivity index (χ1v) is 9.17. The van der Waals surface area contributed by atoms with Crippen LogP contribution in [0.25, 0.3) is 5.82 Å². The maximum absolute atomic E-state index is 6.05. The largest absolute Gasteiger partial charge is 0.370 e. The summed E-state index contributed by atoms with van der Waals surface area (Å²) in [5.41, 5.74) is 9.16. The minimum Gasteiger partial charge on any atom is -0.370 e. The van der Waals surface area contributed by atoms with Crippen molar-refractivity contribution in [3.63, 3.8) is 0 Å². The molecule has 25 heavy (non-hydrogen) atoms. The third-order valence-electron chi connectivity index (χ3n) is 4.67. The molecule has 6 heteroatoms. The number of hydrogen-bond donors (Lipinski definition) is 2. The first kappa shape index (κ1) is 17.5. The van der Waals surface area contributed by atoms with E-state index in [0.29, 0.717) is 18.5 Å². The standard InChI is InChI=1S/C19H28N6/c1-14-11-15(2)25(24-14)18-10-9-16(12-21-18)13-22-19(20)23-17-7-5-3-4-6-8-17/h9-12,17H,3-8,13H2,1-2H3,(H3,20,22,23). The van der Waals surface area contributed by atoms with Gasteiger partial charge in [-0.2, -0.15) is 5.10 Å². The fraction of sp³-hybridized carbons (Fsp3) is 0.526. The lowest BCUT2D eigenvalue weighted by atomic mass is 10.1. The van der Waals surface area contributed by atoms with Crippen LogP contribution in [0.3, 0.4) is 0 Å². The molecule has 2 aromatic rings. The van der Waals surface area contributed by atoms with Crippen LogP contribution < -0.4 is 11.1 Å². The molecule has 1 saturated carbocycles. The number of guanidine groups is 1. The number of nitrogens with zero attached hydrogens (tertiary/aromatic N) is 4. The minimum atomic E-state index is 0.470. The zero-order valence-corrected chi connectivity index (χ0v) is 15.2. The van der Waals surface area contributed by atoms with E-state index in [1.807, 2.05) is 42.9 Å². The maximum Gasteiger partial charge on any atom is 0.189 e. The summed E-state index contributed by atoms with van der Waals surface area (Å²) >= 11 is 0. The monoisotopic (exact) mass is 340 g/mol. The number of aromatic nitrogens is 3. The van der Waals surface area contributed by atoms with E-state index < -0.39 is 0 Å². The van der Waals surface area contributed by atoms with Gasteiger partial charge in [0.2, 0.25) is 0 Å². The molecule has 134 valence electrons. The van der Waals surface area contributed by atoms with Crippen molar-refractivity contribution in [3.05, 3.63) is 41.3 Å². The Morgan fingerprint density at radius 1 is 1.24 bits per heavy atom. The lowest BCUT2D eigenvalue weighted by molar-refractivity contribution is 0.530. The van der Waals surface area contributed by atoms with Gasteiger partial charge in [-0.15, -0.1) is 0 Å². The highest BCUT2D eigenvalue weighted by atomic mass is 15.3. The fourth-order valence-electron chi connectivity index (χ4n) is 3.35. The van der Waals surface area contributed by atoms with Crippen molar-refractivity contribution in [2.45, 2.75) is 65.0 Å². The van der Waals surface area contributed by atoms with Crippen LogP contribution in [0.4, 0.5) is 0 Å². The van der Waals surface area contributed by atoms with E-state index in [4.69, 9.17) is 5.73 Å². The summed E-state index contributed by atoms with van der Waals surface area (Å²) in [4.78, 5) is 8.96. The van der Waals surface area contributed by atoms with Crippen LogP contribution in [0, 0.1) is 13.8 Å². The lowest BCUT2D eigenvalue weighted by Gasteiger charge is -2.16. The smallest absolute Gasteiger partial charge is 0.189 e. The summed E-state index contributed by atoms with van der Waals surface area (Å²) in [6.45, 7) is 4.55. The number of pyridine rings is 1. The van der Waals surface area contributed by atoms with Gasteiger partial charge in [0.1, 0.15) is 0 Å². The second-order valence-electron chi connectivity index (χ2n) is 6.90. The van der Waals surface area contributed by atoms with E-state index in [1.54, 1.807) is 0 Å². The predicted molar refractivity (Wildman–Crippen MR) is 101 cm³/mol. The quantitative estimate of drug-likeness (QED) is 0.509. The van der Waals surface area contributed by atoms with Crippen molar-refractivity contribution >= 4 is 5.96 Å². The molecule has 0 spiro atoms. The van der Waals surface area contributed by atoms with Gasteiger partial charge in [-0.25, -0.2) is 14.7 Å². The Hall–Kier alpha value is -2.37. The second-order valence-corrected chi connectivity index (χ2v) is 6.90. The van der Waals surface area contributed by atoms with Crippen molar-refractivity contribution < 1.29 is 0 Å². The first-order chi connectivity index (χ1) is 12.1. The highest BCUT2D eigenvalue weighted by molar-refractivity contribution is 5.78. The Morgan fingerprint density at radius 2 is 2.00 bits per heavy atom. The molecule has 0 unspecified atom stereocenters. The van der Waals surface area contributed by atoms with E-state index in [0.717, 1.165) is 22.8 Å². The Labute approximate surface area is 149 Å². The molecule has 0 atom stereocenters.